The molecule has 20 heavy (non-hydrogen) atoms. The number of rotatable bonds is 7. The fourth-order valence-electron chi connectivity index (χ4n) is 2.53. The van der Waals surface area contributed by atoms with Gasteiger partial charge in [-0.15, -0.1) is 0 Å². The standard InChI is InChI=1S/C19H25N/c1-16(13-18-9-5-3-6-10-18)15-20-17(2)14-19-11-7-4-8-12-19/h3-12,16-17,20H,13-15H2,1-2H3/t16-,17+/m0/s1. The Hall–Kier alpha value is -1.60. The van der Waals surface area contributed by atoms with E-state index in [4.69, 9.17) is 0 Å². The molecule has 0 unspecified atom stereocenters. The minimum atomic E-state index is 0.524. The molecule has 2 aromatic carbocycles. The quantitative estimate of drug-likeness (QED) is 0.797. The van der Waals surface area contributed by atoms with Gasteiger partial charge in [-0.05, 0) is 43.4 Å². The first kappa shape index (κ1) is 14.8. The lowest BCUT2D eigenvalue weighted by Gasteiger charge is -2.18. The van der Waals surface area contributed by atoms with Gasteiger partial charge >= 0.3 is 0 Å². The summed E-state index contributed by atoms with van der Waals surface area (Å²) in [4.78, 5) is 0. The zero-order valence-electron chi connectivity index (χ0n) is 12.5. The van der Waals surface area contributed by atoms with Crippen molar-refractivity contribution in [1.82, 2.24) is 5.32 Å². The molecule has 2 rings (SSSR count). The van der Waals surface area contributed by atoms with Gasteiger partial charge in [0.25, 0.3) is 0 Å². The van der Waals surface area contributed by atoms with Gasteiger partial charge in [-0.3, -0.25) is 0 Å². The molecule has 0 saturated carbocycles. The summed E-state index contributed by atoms with van der Waals surface area (Å²) in [6, 6.07) is 22.0. The lowest BCUT2D eigenvalue weighted by Crippen LogP contribution is -2.32. The van der Waals surface area contributed by atoms with Crippen LogP contribution in [0, 0.1) is 5.92 Å². The summed E-state index contributed by atoms with van der Waals surface area (Å²) >= 11 is 0. The Morgan fingerprint density at radius 2 is 1.25 bits per heavy atom. The van der Waals surface area contributed by atoms with Crippen LogP contribution in [0.1, 0.15) is 25.0 Å². The van der Waals surface area contributed by atoms with Crippen molar-refractivity contribution in [2.75, 3.05) is 6.54 Å². The SMILES string of the molecule is C[C@H](CN[C@H](C)Cc1ccccc1)Cc1ccccc1. The second kappa shape index (κ2) is 7.86. The predicted octanol–water partition coefficient (Wildman–Crippen LogP) is 4.09. The fourth-order valence-corrected chi connectivity index (χ4v) is 2.53. The van der Waals surface area contributed by atoms with E-state index in [0.29, 0.717) is 12.0 Å². The van der Waals surface area contributed by atoms with Crippen molar-refractivity contribution in [2.24, 2.45) is 5.92 Å². The second-order valence-electron chi connectivity index (χ2n) is 5.79. The molecule has 0 radical (unpaired) electrons. The molecule has 106 valence electrons. The van der Waals surface area contributed by atoms with E-state index < -0.39 is 0 Å². The summed E-state index contributed by atoms with van der Waals surface area (Å²) in [5, 5.41) is 3.65. The fraction of sp³-hybridized carbons (Fsp3) is 0.368. The molecule has 1 N–H and O–H groups in total. The van der Waals surface area contributed by atoms with Gasteiger partial charge in [0.2, 0.25) is 0 Å². The maximum Gasteiger partial charge on any atom is 0.00792 e. The maximum absolute atomic E-state index is 3.65. The van der Waals surface area contributed by atoms with Crippen LogP contribution in [0.5, 0.6) is 0 Å². The van der Waals surface area contributed by atoms with E-state index in [2.05, 4.69) is 79.8 Å². The van der Waals surface area contributed by atoms with E-state index in [9.17, 15) is 0 Å². The van der Waals surface area contributed by atoms with Crippen LogP contribution >= 0.6 is 0 Å². The van der Waals surface area contributed by atoms with Gasteiger partial charge in [0.15, 0.2) is 0 Å². The van der Waals surface area contributed by atoms with Gasteiger partial charge in [0.1, 0.15) is 0 Å². The largest absolute Gasteiger partial charge is 0.314 e. The third-order valence-corrected chi connectivity index (χ3v) is 3.63. The lowest BCUT2D eigenvalue weighted by atomic mass is 10.0. The van der Waals surface area contributed by atoms with Crippen LogP contribution in [0.25, 0.3) is 0 Å². The van der Waals surface area contributed by atoms with Crippen molar-refractivity contribution in [2.45, 2.75) is 32.7 Å². The maximum atomic E-state index is 3.65. The molecule has 2 aromatic rings. The van der Waals surface area contributed by atoms with Gasteiger partial charge in [-0.2, -0.15) is 0 Å². The van der Waals surface area contributed by atoms with Crippen molar-refractivity contribution in [3.8, 4) is 0 Å². The molecule has 0 amide bonds. The van der Waals surface area contributed by atoms with Crippen molar-refractivity contribution in [3.63, 3.8) is 0 Å². The smallest absolute Gasteiger partial charge is 0.00792 e. The third kappa shape index (κ3) is 5.18. The third-order valence-electron chi connectivity index (χ3n) is 3.63. The van der Waals surface area contributed by atoms with Gasteiger partial charge in [-0.1, -0.05) is 67.6 Å². The summed E-state index contributed by atoms with van der Waals surface area (Å²) in [5.74, 6) is 0.663. The topological polar surface area (TPSA) is 12.0 Å². The van der Waals surface area contributed by atoms with Crippen LogP contribution in [0.15, 0.2) is 60.7 Å². The highest BCUT2D eigenvalue weighted by molar-refractivity contribution is 5.16. The van der Waals surface area contributed by atoms with E-state index in [0.717, 1.165) is 19.4 Å². The number of hydrogen-bond acceptors (Lipinski definition) is 1. The van der Waals surface area contributed by atoms with Gasteiger partial charge < -0.3 is 5.32 Å². The molecule has 1 nitrogen and oxygen atoms in total. The van der Waals surface area contributed by atoms with Gasteiger partial charge in [0.05, 0.1) is 0 Å². The Bertz CT molecular complexity index is 430. The van der Waals surface area contributed by atoms with Crippen molar-refractivity contribution < 1.29 is 0 Å². The Labute approximate surface area is 123 Å². The Morgan fingerprint density at radius 3 is 1.80 bits per heavy atom. The monoisotopic (exact) mass is 267 g/mol. The number of nitrogens with one attached hydrogen (secondary N) is 1. The predicted molar refractivity (Wildman–Crippen MR) is 86.9 cm³/mol. The first-order valence-corrected chi connectivity index (χ1v) is 7.55. The Kier molecular flexibility index (Phi) is 5.82. The van der Waals surface area contributed by atoms with Crippen LogP contribution in [0.2, 0.25) is 0 Å². The molecule has 0 aliphatic heterocycles. The molecular weight excluding hydrogens is 242 g/mol. The lowest BCUT2D eigenvalue weighted by molar-refractivity contribution is 0.458. The first-order chi connectivity index (χ1) is 9.74. The van der Waals surface area contributed by atoms with Crippen LogP contribution in [-0.4, -0.2) is 12.6 Å². The summed E-state index contributed by atoms with van der Waals surface area (Å²) in [6.45, 7) is 5.65. The zero-order chi connectivity index (χ0) is 14.2. The summed E-state index contributed by atoms with van der Waals surface area (Å²) in [7, 11) is 0. The van der Waals surface area contributed by atoms with E-state index in [1.807, 2.05) is 0 Å². The highest BCUT2D eigenvalue weighted by Gasteiger charge is 2.07. The van der Waals surface area contributed by atoms with E-state index in [1.165, 1.54) is 11.1 Å². The first-order valence-electron chi connectivity index (χ1n) is 7.55. The molecule has 2 atom stereocenters. The average molecular weight is 267 g/mol. The minimum absolute atomic E-state index is 0.524. The van der Waals surface area contributed by atoms with E-state index in [-0.39, 0.29) is 0 Å². The van der Waals surface area contributed by atoms with Crippen molar-refractivity contribution >= 4 is 0 Å². The normalized spacial score (nSPS) is 13.9. The van der Waals surface area contributed by atoms with Crippen LogP contribution < -0.4 is 5.32 Å². The van der Waals surface area contributed by atoms with Crippen LogP contribution in [0.4, 0.5) is 0 Å². The Balaban J connectivity index is 1.71. The van der Waals surface area contributed by atoms with Gasteiger partial charge in [-0.25, -0.2) is 0 Å². The zero-order valence-corrected chi connectivity index (χ0v) is 12.5. The summed E-state index contributed by atoms with van der Waals surface area (Å²) in [5.41, 5.74) is 2.83. The number of benzene rings is 2. The summed E-state index contributed by atoms with van der Waals surface area (Å²) < 4.78 is 0. The molecule has 0 aromatic heterocycles. The molecule has 0 spiro atoms. The second-order valence-corrected chi connectivity index (χ2v) is 5.79. The van der Waals surface area contributed by atoms with Gasteiger partial charge in [0, 0.05) is 6.04 Å². The highest BCUT2D eigenvalue weighted by atomic mass is 14.9. The van der Waals surface area contributed by atoms with Crippen LogP contribution in [0.3, 0.4) is 0 Å². The molecule has 0 bridgehead atoms. The molecule has 0 saturated heterocycles. The van der Waals surface area contributed by atoms with Crippen molar-refractivity contribution in [3.05, 3.63) is 71.8 Å². The average Bonchev–Trinajstić information content (AvgIpc) is 2.47. The Morgan fingerprint density at radius 1 is 0.750 bits per heavy atom. The molecule has 0 heterocycles. The molecular formula is C19H25N. The van der Waals surface area contributed by atoms with Crippen molar-refractivity contribution in [1.29, 1.82) is 0 Å². The van der Waals surface area contributed by atoms with Crippen LogP contribution in [-0.2, 0) is 12.8 Å². The van der Waals surface area contributed by atoms with E-state index in [1.54, 1.807) is 0 Å². The van der Waals surface area contributed by atoms with E-state index >= 15 is 0 Å². The minimum Gasteiger partial charge on any atom is -0.314 e. The molecule has 0 aliphatic rings. The number of hydrogen-bond donors (Lipinski definition) is 1. The molecule has 0 fully saturated rings. The summed E-state index contributed by atoms with van der Waals surface area (Å²) in [6.07, 6.45) is 2.24. The molecule has 1 heteroatoms. The highest BCUT2D eigenvalue weighted by Crippen LogP contribution is 2.08. The molecule has 0 aliphatic carbocycles.